The summed E-state index contributed by atoms with van der Waals surface area (Å²) in [5.41, 5.74) is 6.48. The third-order valence-corrected chi connectivity index (χ3v) is 4.36. The molecule has 108 valence electrons. The van der Waals surface area contributed by atoms with Gasteiger partial charge in [0.25, 0.3) is 0 Å². The smallest absolute Gasteiger partial charge is 0.240 e. The number of primary sulfonamides is 1. The van der Waals surface area contributed by atoms with Gasteiger partial charge < -0.3 is 11.1 Å². The molecule has 0 bridgehead atoms. The van der Waals surface area contributed by atoms with Gasteiger partial charge in [0.1, 0.15) is 4.90 Å². The van der Waals surface area contributed by atoms with Crippen molar-refractivity contribution in [2.24, 2.45) is 5.14 Å². The summed E-state index contributed by atoms with van der Waals surface area (Å²) in [6.45, 7) is 1.95. The number of rotatable bonds is 6. The molecule has 0 aliphatic carbocycles. The predicted octanol–water partition coefficient (Wildman–Crippen LogP) is 0.485. The van der Waals surface area contributed by atoms with Crippen LogP contribution in [0.2, 0.25) is 0 Å². The van der Waals surface area contributed by atoms with Crippen molar-refractivity contribution in [2.45, 2.75) is 24.3 Å². The van der Waals surface area contributed by atoms with Crippen LogP contribution >= 0.6 is 0 Å². The van der Waals surface area contributed by atoms with E-state index in [1.54, 1.807) is 12.3 Å². The number of hydrogen-bond donors (Lipinski definition) is 3. The first-order chi connectivity index (χ1) is 8.70. The molecule has 8 heteroatoms. The standard InChI is InChI=1S/C11H19N3O3S2/c1-8(5-6-18(2)15)14-9-3-4-11(10(12)7-9)19(13,16)17/h3-4,7-8,14H,5-6,12H2,1-2H3,(H2,13,16,17). The molecule has 1 aromatic rings. The summed E-state index contributed by atoms with van der Waals surface area (Å²) >= 11 is 0. The van der Waals surface area contributed by atoms with Gasteiger partial charge in [-0.3, -0.25) is 4.21 Å². The zero-order chi connectivity index (χ0) is 14.6. The average Bonchev–Trinajstić information content (AvgIpc) is 2.24. The van der Waals surface area contributed by atoms with Gasteiger partial charge in [-0.2, -0.15) is 0 Å². The zero-order valence-electron chi connectivity index (χ0n) is 10.9. The molecule has 0 amide bonds. The highest BCUT2D eigenvalue weighted by Gasteiger charge is 2.13. The maximum Gasteiger partial charge on any atom is 0.240 e. The van der Waals surface area contributed by atoms with Crippen molar-refractivity contribution in [1.29, 1.82) is 0 Å². The molecule has 0 saturated heterocycles. The van der Waals surface area contributed by atoms with Crippen LogP contribution in [-0.4, -0.2) is 30.7 Å². The van der Waals surface area contributed by atoms with E-state index in [1.807, 2.05) is 6.92 Å². The number of anilines is 2. The summed E-state index contributed by atoms with van der Waals surface area (Å²) in [5, 5.41) is 8.19. The molecule has 0 aliphatic rings. The van der Waals surface area contributed by atoms with E-state index < -0.39 is 20.8 Å². The highest BCUT2D eigenvalue weighted by molar-refractivity contribution is 7.89. The average molecular weight is 305 g/mol. The Morgan fingerprint density at radius 2 is 2.05 bits per heavy atom. The molecule has 0 heterocycles. The minimum absolute atomic E-state index is 0.0830. The van der Waals surface area contributed by atoms with Gasteiger partial charge in [0.2, 0.25) is 10.0 Å². The highest BCUT2D eigenvalue weighted by atomic mass is 32.2. The van der Waals surface area contributed by atoms with Crippen molar-refractivity contribution in [2.75, 3.05) is 23.1 Å². The Labute approximate surface area is 116 Å². The van der Waals surface area contributed by atoms with Crippen LogP contribution in [0.1, 0.15) is 13.3 Å². The van der Waals surface area contributed by atoms with Gasteiger partial charge in [-0.25, -0.2) is 13.6 Å². The van der Waals surface area contributed by atoms with Crippen LogP contribution < -0.4 is 16.2 Å². The zero-order valence-corrected chi connectivity index (χ0v) is 12.6. The predicted molar refractivity (Wildman–Crippen MR) is 78.9 cm³/mol. The van der Waals surface area contributed by atoms with E-state index in [0.717, 1.165) is 6.42 Å². The van der Waals surface area contributed by atoms with Gasteiger partial charge in [-0.1, -0.05) is 0 Å². The van der Waals surface area contributed by atoms with Gasteiger partial charge in [0, 0.05) is 34.5 Å². The third kappa shape index (κ3) is 5.17. The van der Waals surface area contributed by atoms with Crippen LogP contribution in [0.5, 0.6) is 0 Å². The quantitative estimate of drug-likeness (QED) is 0.661. The van der Waals surface area contributed by atoms with Crippen LogP contribution in [0.15, 0.2) is 23.1 Å². The number of nitrogen functional groups attached to an aromatic ring is 1. The van der Waals surface area contributed by atoms with Gasteiger partial charge in [0.15, 0.2) is 0 Å². The molecule has 2 atom stereocenters. The first kappa shape index (κ1) is 15.9. The Hall–Kier alpha value is -1.12. The summed E-state index contributed by atoms with van der Waals surface area (Å²) < 4.78 is 33.4. The van der Waals surface area contributed by atoms with Crippen LogP contribution in [0.25, 0.3) is 0 Å². The first-order valence-corrected chi connectivity index (χ1v) is 8.96. The molecule has 0 saturated carbocycles. The van der Waals surface area contributed by atoms with Crippen molar-refractivity contribution in [3.8, 4) is 0 Å². The van der Waals surface area contributed by atoms with Crippen molar-refractivity contribution in [3.05, 3.63) is 18.2 Å². The van der Waals surface area contributed by atoms with E-state index in [0.29, 0.717) is 11.4 Å². The molecule has 1 rings (SSSR count). The Kier molecular flexibility index (Phi) is 5.33. The second-order valence-electron chi connectivity index (χ2n) is 4.41. The number of nitrogens with one attached hydrogen (secondary N) is 1. The minimum atomic E-state index is -3.79. The summed E-state index contributed by atoms with van der Waals surface area (Å²) in [6, 6.07) is 4.62. The lowest BCUT2D eigenvalue weighted by molar-refractivity contribution is 0.598. The summed E-state index contributed by atoms with van der Waals surface area (Å²) in [7, 11) is -4.62. The largest absolute Gasteiger partial charge is 0.398 e. The number of hydrogen-bond acceptors (Lipinski definition) is 5. The monoisotopic (exact) mass is 305 g/mol. The fourth-order valence-electron chi connectivity index (χ4n) is 1.60. The highest BCUT2D eigenvalue weighted by Crippen LogP contribution is 2.22. The van der Waals surface area contributed by atoms with E-state index in [-0.39, 0.29) is 16.6 Å². The van der Waals surface area contributed by atoms with E-state index in [2.05, 4.69) is 5.32 Å². The molecular weight excluding hydrogens is 286 g/mol. The normalized spacial score (nSPS) is 14.9. The topological polar surface area (TPSA) is 115 Å². The second kappa shape index (κ2) is 6.36. The molecule has 0 aromatic heterocycles. The van der Waals surface area contributed by atoms with E-state index >= 15 is 0 Å². The van der Waals surface area contributed by atoms with Gasteiger partial charge in [-0.05, 0) is 31.5 Å². The van der Waals surface area contributed by atoms with E-state index in [1.165, 1.54) is 12.1 Å². The minimum Gasteiger partial charge on any atom is -0.398 e. The second-order valence-corrected chi connectivity index (χ2v) is 7.49. The Morgan fingerprint density at radius 3 is 2.53 bits per heavy atom. The molecule has 0 aliphatic heterocycles. The molecular formula is C11H19N3O3S2. The van der Waals surface area contributed by atoms with Crippen LogP contribution in [0.3, 0.4) is 0 Å². The van der Waals surface area contributed by atoms with Crippen molar-refractivity contribution < 1.29 is 12.6 Å². The Balaban J connectivity index is 2.76. The molecule has 2 unspecified atom stereocenters. The fourth-order valence-corrected chi connectivity index (χ4v) is 2.93. The lowest BCUT2D eigenvalue weighted by Gasteiger charge is -2.15. The third-order valence-electron chi connectivity index (χ3n) is 2.57. The number of nitrogens with two attached hydrogens (primary N) is 2. The van der Waals surface area contributed by atoms with Gasteiger partial charge in [-0.15, -0.1) is 0 Å². The maximum absolute atomic E-state index is 11.2. The van der Waals surface area contributed by atoms with E-state index in [9.17, 15) is 12.6 Å². The van der Waals surface area contributed by atoms with E-state index in [4.69, 9.17) is 10.9 Å². The fraction of sp³-hybridized carbons (Fsp3) is 0.455. The van der Waals surface area contributed by atoms with Gasteiger partial charge in [0.05, 0.1) is 5.69 Å². The molecule has 6 nitrogen and oxygen atoms in total. The summed E-state index contributed by atoms with van der Waals surface area (Å²) in [5.74, 6) is 0.610. The summed E-state index contributed by atoms with van der Waals surface area (Å²) in [6.07, 6.45) is 2.41. The molecule has 0 fully saturated rings. The van der Waals surface area contributed by atoms with Gasteiger partial charge >= 0.3 is 0 Å². The van der Waals surface area contributed by atoms with Crippen LogP contribution in [-0.2, 0) is 20.8 Å². The van der Waals surface area contributed by atoms with Crippen LogP contribution in [0, 0.1) is 0 Å². The van der Waals surface area contributed by atoms with Crippen molar-refractivity contribution in [1.82, 2.24) is 0 Å². The molecule has 19 heavy (non-hydrogen) atoms. The number of sulfonamides is 1. The summed E-state index contributed by atoms with van der Waals surface area (Å²) in [4.78, 5) is -0.0830. The first-order valence-electron chi connectivity index (χ1n) is 5.69. The van der Waals surface area contributed by atoms with Crippen molar-refractivity contribution in [3.63, 3.8) is 0 Å². The molecule has 0 radical (unpaired) electrons. The molecule has 0 spiro atoms. The molecule has 1 aromatic carbocycles. The lowest BCUT2D eigenvalue weighted by atomic mass is 10.2. The Morgan fingerprint density at radius 1 is 1.42 bits per heavy atom. The maximum atomic E-state index is 11.2. The van der Waals surface area contributed by atoms with Crippen LogP contribution in [0.4, 0.5) is 11.4 Å². The molecule has 5 N–H and O–H groups in total. The lowest BCUT2D eigenvalue weighted by Crippen LogP contribution is -2.19. The Bertz CT molecular complexity index is 573. The van der Waals surface area contributed by atoms with Crippen molar-refractivity contribution >= 4 is 32.2 Å². The number of benzene rings is 1. The SMILES string of the molecule is CC(CCS(C)=O)Nc1ccc(S(N)(=O)=O)c(N)c1.